The molecule has 1 saturated heterocycles. The van der Waals surface area contributed by atoms with Gasteiger partial charge in [-0.3, -0.25) is 4.79 Å². The van der Waals surface area contributed by atoms with E-state index in [1.54, 1.807) is 4.90 Å². The Kier molecular flexibility index (Phi) is 3.75. The summed E-state index contributed by atoms with van der Waals surface area (Å²) in [5, 5.41) is 0. The van der Waals surface area contributed by atoms with Gasteiger partial charge in [0.15, 0.2) is 10.4 Å². The molecule has 2 rings (SSSR count). The minimum absolute atomic E-state index is 0.0187. The summed E-state index contributed by atoms with van der Waals surface area (Å²) in [6.07, 6.45) is 1.88. The second kappa shape index (κ2) is 4.86. The Morgan fingerprint density at radius 3 is 2.72 bits per heavy atom. The van der Waals surface area contributed by atoms with Crippen LogP contribution < -0.4 is 0 Å². The van der Waals surface area contributed by atoms with Gasteiger partial charge in [0.2, 0.25) is 0 Å². The summed E-state index contributed by atoms with van der Waals surface area (Å²) in [6.45, 7) is 2.60. The van der Waals surface area contributed by atoms with E-state index >= 15 is 0 Å². The molecule has 1 atom stereocenters. The van der Waals surface area contributed by atoms with Crippen molar-refractivity contribution in [2.75, 3.05) is 6.54 Å². The molecule has 0 aromatic carbocycles. The van der Waals surface area contributed by atoms with Gasteiger partial charge in [-0.2, -0.15) is 0 Å². The molecule has 2 heterocycles. The first-order valence-corrected chi connectivity index (χ1v) is 8.46. The lowest BCUT2D eigenvalue weighted by Crippen LogP contribution is -2.33. The first-order chi connectivity index (χ1) is 8.30. The molecule has 0 saturated carbocycles. The molecule has 100 valence electrons. The van der Waals surface area contributed by atoms with Crippen molar-refractivity contribution >= 4 is 41.6 Å². The second-order valence-corrected chi connectivity index (χ2v) is 7.43. The Morgan fingerprint density at radius 1 is 1.61 bits per heavy atom. The van der Waals surface area contributed by atoms with Crippen LogP contribution in [-0.4, -0.2) is 31.8 Å². The average molecular weight is 357 g/mol. The molecule has 8 heteroatoms. The van der Waals surface area contributed by atoms with E-state index in [1.807, 2.05) is 6.92 Å². The molecule has 0 aliphatic carbocycles. The summed E-state index contributed by atoms with van der Waals surface area (Å²) in [5.74, 6) is -0.331. The van der Waals surface area contributed by atoms with Crippen molar-refractivity contribution in [2.24, 2.45) is 0 Å². The molecule has 1 aliphatic rings. The SMILES string of the molecule is CC1CCCN1C(=O)c1cc(S(=O)(=O)Cl)c(Br)o1. The summed E-state index contributed by atoms with van der Waals surface area (Å²) < 4.78 is 27.5. The normalized spacial score (nSPS) is 20.4. The molecule has 0 bridgehead atoms. The van der Waals surface area contributed by atoms with Gasteiger partial charge < -0.3 is 9.32 Å². The van der Waals surface area contributed by atoms with Gasteiger partial charge in [-0.15, -0.1) is 0 Å². The zero-order chi connectivity index (χ0) is 13.5. The van der Waals surface area contributed by atoms with E-state index in [1.165, 1.54) is 0 Å². The number of carbonyl (C=O) groups excluding carboxylic acids is 1. The van der Waals surface area contributed by atoms with Crippen LogP contribution in [0, 0.1) is 0 Å². The van der Waals surface area contributed by atoms with E-state index in [0.29, 0.717) is 6.54 Å². The Balaban J connectivity index is 2.33. The highest BCUT2D eigenvalue weighted by Crippen LogP contribution is 2.30. The maximum absolute atomic E-state index is 12.1. The molecule has 0 radical (unpaired) electrons. The number of amides is 1. The molecular weight excluding hydrogens is 346 g/mol. The molecule has 18 heavy (non-hydrogen) atoms. The molecule has 1 unspecified atom stereocenters. The Bertz CT molecular complexity index is 583. The number of likely N-dealkylation sites (tertiary alicyclic amines) is 1. The first-order valence-electron chi connectivity index (χ1n) is 5.35. The Hall–Kier alpha value is -0.530. The number of hydrogen-bond donors (Lipinski definition) is 0. The lowest BCUT2D eigenvalue weighted by molar-refractivity contribution is 0.0714. The van der Waals surface area contributed by atoms with Crippen LogP contribution in [0.15, 0.2) is 20.0 Å². The standard InChI is InChI=1S/C10H11BrClNO4S/c1-6-3-2-4-13(6)10(14)7-5-8(9(11)17-7)18(12,15)16/h5-6H,2-4H2,1H3. The highest BCUT2D eigenvalue weighted by molar-refractivity contribution is 9.10. The molecule has 1 aromatic heterocycles. The first kappa shape index (κ1) is 13.9. The summed E-state index contributed by atoms with van der Waals surface area (Å²) in [7, 11) is 1.31. The van der Waals surface area contributed by atoms with Crippen LogP contribution in [0.3, 0.4) is 0 Å². The molecule has 1 amide bonds. The quantitative estimate of drug-likeness (QED) is 0.764. The molecule has 0 N–H and O–H groups in total. The van der Waals surface area contributed by atoms with Crippen molar-refractivity contribution in [1.29, 1.82) is 0 Å². The summed E-state index contributed by atoms with van der Waals surface area (Å²) in [4.78, 5) is 13.6. The predicted molar refractivity (Wildman–Crippen MR) is 69.2 cm³/mol. The van der Waals surface area contributed by atoms with E-state index < -0.39 is 9.05 Å². The van der Waals surface area contributed by atoms with Gasteiger partial charge >= 0.3 is 0 Å². The van der Waals surface area contributed by atoms with E-state index in [4.69, 9.17) is 15.1 Å². The minimum Gasteiger partial charge on any atom is -0.443 e. The molecule has 1 aromatic rings. The van der Waals surface area contributed by atoms with Crippen molar-refractivity contribution < 1.29 is 17.6 Å². The van der Waals surface area contributed by atoms with Gasteiger partial charge in [0.1, 0.15) is 4.90 Å². The maximum Gasteiger partial charge on any atom is 0.289 e. The number of halogens is 2. The van der Waals surface area contributed by atoms with Crippen LogP contribution in [0.4, 0.5) is 0 Å². The summed E-state index contributed by atoms with van der Waals surface area (Å²) in [6, 6.07) is 1.29. The van der Waals surface area contributed by atoms with Crippen LogP contribution in [0.5, 0.6) is 0 Å². The topological polar surface area (TPSA) is 67.6 Å². The van der Waals surface area contributed by atoms with Crippen molar-refractivity contribution in [3.05, 3.63) is 16.5 Å². The maximum atomic E-state index is 12.1. The lowest BCUT2D eigenvalue weighted by Gasteiger charge is -2.19. The number of nitrogens with zero attached hydrogens (tertiary/aromatic N) is 1. The number of rotatable bonds is 2. The van der Waals surface area contributed by atoms with E-state index in [9.17, 15) is 13.2 Å². The number of carbonyl (C=O) groups is 1. The Morgan fingerprint density at radius 2 is 2.28 bits per heavy atom. The molecule has 1 aliphatic heterocycles. The molecular formula is C10H11BrClNO4S. The fourth-order valence-corrected chi connectivity index (χ4v) is 4.03. The smallest absolute Gasteiger partial charge is 0.289 e. The van der Waals surface area contributed by atoms with E-state index in [0.717, 1.165) is 18.9 Å². The predicted octanol–water partition coefficient (Wildman–Crippen LogP) is 2.59. The third kappa shape index (κ3) is 2.57. The van der Waals surface area contributed by atoms with Gasteiger partial charge in [0.05, 0.1) is 0 Å². The number of hydrogen-bond acceptors (Lipinski definition) is 4. The van der Waals surface area contributed by atoms with Crippen LogP contribution in [0.25, 0.3) is 0 Å². The van der Waals surface area contributed by atoms with Gasteiger partial charge in [0.25, 0.3) is 15.0 Å². The molecule has 0 spiro atoms. The van der Waals surface area contributed by atoms with Crippen LogP contribution in [0.2, 0.25) is 0 Å². The Labute approximate surface area is 118 Å². The average Bonchev–Trinajstić information content (AvgIpc) is 2.82. The van der Waals surface area contributed by atoms with Crippen molar-refractivity contribution in [3.63, 3.8) is 0 Å². The number of furan rings is 1. The van der Waals surface area contributed by atoms with E-state index in [2.05, 4.69) is 15.9 Å². The minimum atomic E-state index is -3.92. The van der Waals surface area contributed by atoms with E-state index in [-0.39, 0.29) is 27.3 Å². The fraction of sp³-hybridized carbons (Fsp3) is 0.500. The van der Waals surface area contributed by atoms with Crippen LogP contribution in [0.1, 0.15) is 30.3 Å². The van der Waals surface area contributed by atoms with Crippen molar-refractivity contribution in [2.45, 2.75) is 30.7 Å². The third-order valence-electron chi connectivity index (χ3n) is 2.94. The highest BCUT2D eigenvalue weighted by atomic mass is 79.9. The lowest BCUT2D eigenvalue weighted by atomic mass is 10.2. The van der Waals surface area contributed by atoms with Gasteiger partial charge in [-0.1, -0.05) is 0 Å². The zero-order valence-electron chi connectivity index (χ0n) is 9.52. The zero-order valence-corrected chi connectivity index (χ0v) is 12.7. The second-order valence-electron chi connectivity index (χ2n) is 4.18. The third-order valence-corrected chi connectivity index (χ3v) is 5.12. The van der Waals surface area contributed by atoms with Gasteiger partial charge in [-0.05, 0) is 35.7 Å². The largest absolute Gasteiger partial charge is 0.443 e. The highest BCUT2D eigenvalue weighted by Gasteiger charge is 2.30. The van der Waals surface area contributed by atoms with Crippen LogP contribution in [-0.2, 0) is 9.05 Å². The van der Waals surface area contributed by atoms with Crippen molar-refractivity contribution in [3.8, 4) is 0 Å². The summed E-state index contributed by atoms with van der Waals surface area (Å²) >= 11 is 2.94. The van der Waals surface area contributed by atoms with Crippen molar-refractivity contribution in [1.82, 2.24) is 4.90 Å². The fourth-order valence-electron chi connectivity index (χ4n) is 2.00. The van der Waals surface area contributed by atoms with Crippen LogP contribution >= 0.6 is 26.6 Å². The monoisotopic (exact) mass is 355 g/mol. The van der Waals surface area contributed by atoms with Gasteiger partial charge in [0, 0.05) is 29.3 Å². The molecule has 1 fully saturated rings. The molecule has 5 nitrogen and oxygen atoms in total. The summed E-state index contributed by atoms with van der Waals surface area (Å²) in [5.41, 5.74) is 0. The van der Waals surface area contributed by atoms with Gasteiger partial charge in [-0.25, -0.2) is 8.42 Å².